The Morgan fingerprint density at radius 2 is 1.23 bits per heavy atom. The number of likely N-dealkylation sites (tertiary alicyclic amines) is 2. The number of nitrogens with one attached hydrogen (secondary N) is 3. The van der Waals surface area contributed by atoms with Crippen LogP contribution in [0.4, 0.5) is 0 Å². The van der Waals surface area contributed by atoms with Gasteiger partial charge in [0, 0.05) is 50.1 Å². The fourth-order valence-corrected chi connectivity index (χ4v) is 10.1. The van der Waals surface area contributed by atoms with E-state index >= 15 is 0 Å². The number of hydrogen-bond acceptors (Lipinski definition) is 14. The van der Waals surface area contributed by atoms with Crippen LogP contribution in [0.15, 0.2) is 102 Å². The van der Waals surface area contributed by atoms with Gasteiger partial charge in [0.05, 0.1) is 45.9 Å². The summed E-state index contributed by atoms with van der Waals surface area (Å²) in [6.07, 6.45) is 9.25. The summed E-state index contributed by atoms with van der Waals surface area (Å²) in [5.41, 5.74) is 6.35. The van der Waals surface area contributed by atoms with Gasteiger partial charge >= 0.3 is 0 Å². The standard InChI is InChI=1S/C36H61N7O4S.C9H12N2.C8H8.2CH4.H3N/c1-5-34-15-8-9-17-36(34)31-39-48(47-29-27-45-25-23-42-20-12-13-21-42,33(3)46-28-26-44-24-22-41-18-10-11-19-41)43(37)40(4)38-30-35-16-7-6-14-32(35)2;1-11-7-9-5-3-2-4-8(9)6-10;1-7-5-3-4-6-8(7)2;;;/h6-9,14-17,30,33,39H,5,10-13,18-29,31,37H2,1-4H3;2-6,10-11H,7H2,1H3;3-6H,1-2H2;2*1H4;1H3/b38-30-;;;;;. The molecule has 2 heterocycles. The maximum atomic E-state index is 7.11. The molecule has 2 aliphatic heterocycles. The summed E-state index contributed by atoms with van der Waals surface area (Å²) in [7, 11) is 1.24. The van der Waals surface area contributed by atoms with Crippen LogP contribution in [0.1, 0.15) is 87.8 Å². The summed E-state index contributed by atoms with van der Waals surface area (Å²) < 4.78 is 30.6. The number of nitrogens with zero attached hydrogens (tertiary/aromatic N) is 5. The highest BCUT2D eigenvalue weighted by molar-refractivity contribution is 8.26. The van der Waals surface area contributed by atoms with E-state index < -0.39 is 16.1 Å². The number of hydrazone groups is 1. The first-order valence-electron chi connectivity index (χ1n) is 24.0. The number of rotatable bonds is 26. The minimum absolute atomic E-state index is 0. The second-order valence-electron chi connectivity index (χ2n) is 16.6. The third-order valence-electron chi connectivity index (χ3n) is 11.8. The highest BCUT2D eigenvalue weighted by Crippen LogP contribution is 2.53. The summed E-state index contributed by atoms with van der Waals surface area (Å²) in [4.78, 5) is 4.91. The van der Waals surface area contributed by atoms with E-state index in [0.29, 0.717) is 46.2 Å². The van der Waals surface area contributed by atoms with E-state index in [4.69, 9.17) is 34.7 Å². The van der Waals surface area contributed by atoms with Crippen molar-refractivity contribution in [3.8, 4) is 0 Å². The summed E-state index contributed by atoms with van der Waals surface area (Å²) in [6.45, 7) is 24.8. The van der Waals surface area contributed by atoms with Crippen LogP contribution >= 0.6 is 10.7 Å². The van der Waals surface area contributed by atoms with Gasteiger partial charge in [-0.3, -0.25) is 0 Å². The zero-order chi connectivity index (χ0) is 48.1. The molecule has 8 N–H and O–H groups in total. The quantitative estimate of drug-likeness (QED) is 0.0177. The Kier molecular flexibility index (Phi) is 33.3. The molecule has 0 saturated carbocycles. The van der Waals surface area contributed by atoms with Crippen LogP contribution in [0.3, 0.4) is 0 Å². The Balaban J connectivity index is 0.000000922. The smallest absolute Gasteiger partial charge is 0.133 e. The maximum Gasteiger partial charge on any atom is 0.133 e. The van der Waals surface area contributed by atoms with E-state index in [9.17, 15) is 0 Å². The zero-order valence-electron chi connectivity index (χ0n) is 41.9. The lowest BCUT2D eigenvalue weighted by Gasteiger charge is -2.50. The molecule has 4 aromatic carbocycles. The lowest BCUT2D eigenvalue weighted by Crippen LogP contribution is -2.53. The van der Waals surface area contributed by atoms with Crippen LogP contribution in [0, 0.1) is 12.3 Å². The SMILES string of the molecule is C.C.C=c1ccccc1=C.CCc1ccccc1CNS(OCCOCCN1CCCC1)(C(C)OCCOCCN1CCCC1)N(N)N(C)/N=C\c1ccccc1C.CNCc1ccccc1C=N.N. The number of aryl methyl sites for hydroxylation is 2. The molecule has 0 aromatic heterocycles. The van der Waals surface area contributed by atoms with Crippen LogP contribution in [-0.2, 0) is 37.9 Å². The van der Waals surface area contributed by atoms with Gasteiger partial charge in [0.2, 0.25) is 0 Å². The predicted molar refractivity (Wildman–Crippen MR) is 299 cm³/mol. The Morgan fingerprint density at radius 3 is 1.76 bits per heavy atom. The molecular formula is C55H92N10O4S. The van der Waals surface area contributed by atoms with E-state index in [1.165, 1.54) is 61.7 Å². The largest absolute Gasteiger partial charge is 0.378 e. The topological polar surface area (TPSA) is 171 Å². The molecule has 2 fully saturated rings. The molecule has 2 saturated heterocycles. The van der Waals surface area contributed by atoms with Gasteiger partial charge in [0.15, 0.2) is 0 Å². The Labute approximate surface area is 425 Å². The molecule has 15 heteroatoms. The van der Waals surface area contributed by atoms with E-state index in [1.807, 2.05) is 94.0 Å². The Hall–Kier alpha value is -4.33. The zero-order valence-corrected chi connectivity index (χ0v) is 42.7. The van der Waals surface area contributed by atoms with Crippen molar-refractivity contribution in [3.63, 3.8) is 0 Å². The van der Waals surface area contributed by atoms with Crippen LogP contribution in [0.5, 0.6) is 0 Å². The lowest BCUT2D eigenvalue weighted by molar-refractivity contribution is 0.0166. The molecule has 2 aliphatic rings. The number of ether oxygens (including phenoxy) is 3. The molecule has 0 bridgehead atoms. The summed E-state index contributed by atoms with van der Waals surface area (Å²) in [5, 5.41) is 18.6. The van der Waals surface area contributed by atoms with E-state index in [-0.39, 0.29) is 21.0 Å². The second kappa shape index (κ2) is 36.6. The van der Waals surface area contributed by atoms with Crippen molar-refractivity contribution in [2.75, 3.05) is 93.0 Å². The van der Waals surface area contributed by atoms with Crippen molar-refractivity contribution in [2.45, 2.75) is 86.3 Å². The lowest BCUT2D eigenvalue weighted by atomic mass is 10.1. The Morgan fingerprint density at radius 1 is 0.729 bits per heavy atom. The van der Waals surface area contributed by atoms with E-state index in [1.54, 1.807) is 9.64 Å². The highest BCUT2D eigenvalue weighted by Gasteiger charge is 2.40. The van der Waals surface area contributed by atoms with Crippen molar-refractivity contribution >= 4 is 36.3 Å². The Bertz CT molecular complexity index is 2090. The van der Waals surface area contributed by atoms with Crippen LogP contribution in [0.2, 0.25) is 0 Å². The first kappa shape index (κ1) is 63.7. The maximum absolute atomic E-state index is 7.11. The minimum atomic E-state index is -2.50. The van der Waals surface area contributed by atoms with Crippen molar-refractivity contribution < 1.29 is 18.4 Å². The molecule has 392 valence electrons. The molecule has 0 amide bonds. The van der Waals surface area contributed by atoms with Gasteiger partial charge in [-0.2, -0.15) is 5.10 Å². The van der Waals surface area contributed by atoms with Gasteiger partial charge in [-0.1, -0.05) is 137 Å². The molecule has 70 heavy (non-hydrogen) atoms. The van der Waals surface area contributed by atoms with E-state index in [2.05, 4.69) is 77.2 Å². The van der Waals surface area contributed by atoms with Gasteiger partial charge in [-0.15, -0.1) is 0 Å². The van der Waals surface area contributed by atoms with Crippen molar-refractivity contribution in [2.24, 2.45) is 10.9 Å². The van der Waals surface area contributed by atoms with Gasteiger partial charge in [0.1, 0.15) is 5.44 Å². The molecule has 0 radical (unpaired) electrons. The molecule has 0 spiro atoms. The minimum Gasteiger partial charge on any atom is -0.378 e. The molecule has 6 rings (SSSR count). The average molecular weight is 989 g/mol. The molecule has 4 aromatic rings. The number of hydrazine groups is 2. The van der Waals surface area contributed by atoms with E-state index in [0.717, 1.165) is 66.3 Å². The average Bonchev–Trinajstić information content (AvgIpc) is 4.09. The number of hydrogen-bond donors (Lipinski definition) is 5. The van der Waals surface area contributed by atoms with Gasteiger partial charge in [0.25, 0.3) is 0 Å². The van der Waals surface area contributed by atoms with Crippen molar-refractivity contribution in [3.05, 3.63) is 141 Å². The summed E-state index contributed by atoms with van der Waals surface area (Å²) in [6, 6.07) is 32.3. The second-order valence-corrected chi connectivity index (χ2v) is 19.3. The molecule has 2 unspecified atom stereocenters. The van der Waals surface area contributed by atoms with Crippen molar-refractivity contribution in [1.29, 1.82) is 5.41 Å². The number of nitrogens with two attached hydrogens (primary N) is 1. The van der Waals surface area contributed by atoms with Crippen LogP contribution < -0.4 is 32.5 Å². The third-order valence-corrected chi connectivity index (χ3v) is 14.7. The van der Waals surface area contributed by atoms with Crippen molar-refractivity contribution in [1.82, 2.24) is 35.6 Å². The highest BCUT2D eigenvalue weighted by atomic mass is 32.3. The molecule has 14 nitrogen and oxygen atoms in total. The number of benzene rings is 4. The van der Waals surface area contributed by atoms with Gasteiger partial charge in [-0.05, 0) is 123 Å². The first-order valence-corrected chi connectivity index (χ1v) is 25.5. The molecular weight excluding hydrogens is 897 g/mol. The predicted octanol–water partition coefficient (Wildman–Crippen LogP) is 8.20. The van der Waals surface area contributed by atoms with Gasteiger partial charge < -0.3 is 45.1 Å². The third kappa shape index (κ3) is 22.0. The van der Waals surface area contributed by atoms with Gasteiger partial charge in [-0.25, -0.2) is 15.7 Å². The summed E-state index contributed by atoms with van der Waals surface area (Å²) >= 11 is 0. The molecule has 0 aliphatic carbocycles. The fourth-order valence-electron chi connectivity index (χ4n) is 7.66. The normalized spacial score (nSPS) is 15.2. The monoisotopic (exact) mass is 989 g/mol. The van der Waals surface area contributed by atoms with Crippen LogP contribution in [-0.4, -0.2) is 130 Å². The summed E-state index contributed by atoms with van der Waals surface area (Å²) in [5.74, 6) is 7.01. The fraction of sp³-hybridized carbons (Fsp3) is 0.491. The first-order chi connectivity index (χ1) is 32.6. The molecule has 2 atom stereocenters. The van der Waals surface area contributed by atoms with Crippen LogP contribution in [0.25, 0.3) is 13.2 Å².